The van der Waals surface area contributed by atoms with Crippen molar-refractivity contribution in [1.29, 1.82) is 5.26 Å². The van der Waals surface area contributed by atoms with E-state index in [1.54, 1.807) is 0 Å². The molecule has 0 aromatic heterocycles. The van der Waals surface area contributed by atoms with Gasteiger partial charge in [-0.15, -0.1) is 0 Å². The molecule has 98 valence electrons. The summed E-state index contributed by atoms with van der Waals surface area (Å²) in [7, 11) is 4.38. The molecule has 1 aliphatic heterocycles. The molecular weight excluding hydrogens is 212 g/mol. The van der Waals surface area contributed by atoms with Crippen LogP contribution in [0.25, 0.3) is 0 Å². The number of piperidine rings is 1. The summed E-state index contributed by atoms with van der Waals surface area (Å²) in [6.45, 7) is 6.31. The number of rotatable bonds is 6. The molecular formula is C13H26N4. The fraction of sp³-hybridized carbons (Fsp3) is 0.923. The maximum absolute atomic E-state index is 8.98. The first kappa shape index (κ1) is 14.4. The zero-order chi connectivity index (χ0) is 12.7. The molecule has 2 unspecified atom stereocenters. The van der Waals surface area contributed by atoms with Crippen LogP contribution in [-0.2, 0) is 0 Å². The van der Waals surface area contributed by atoms with Crippen LogP contribution in [0.3, 0.4) is 0 Å². The number of likely N-dealkylation sites (N-methyl/N-ethyl adjacent to an activating group) is 2. The number of likely N-dealkylation sites (tertiary alicyclic amines) is 1. The standard InChI is InChI=1S/C13H26N4/c1-4-15-12(10-14)7-9-17(3)13-6-5-8-16(2)11-13/h12-13,15H,4-9,11H2,1-3H3. The molecule has 1 saturated heterocycles. The molecule has 0 aliphatic carbocycles. The van der Waals surface area contributed by atoms with Gasteiger partial charge in [0.25, 0.3) is 0 Å². The smallest absolute Gasteiger partial charge is 0.0965 e. The van der Waals surface area contributed by atoms with Gasteiger partial charge in [0.1, 0.15) is 0 Å². The average Bonchev–Trinajstić information content (AvgIpc) is 2.34. The molecule has 4 heteroatoms. The highest BCUT2D eigenvalue weighted by Crippen LogP contribution is 2.13. The topological polar surface area (TPSA) is 42.3 Å². The molecule has 0 spiro atoms. The van der Waals surface area contributed by atoms with Gasteiger partial charge in [0.15, 0.2) is 0 Å². The summed E-state index contributed by atoms with van der Waals surface area (Å²) >= 11 is 0. The van der Waals surface area contributed by atoms with Crippen molar-refractivity contribution in [1.82, 2.24) is 15.1 Å². The van der Waals surface area contributed by atoms with Crippen LogP contribution in [0, 0.1) is 11.3 Å². The third-order valence-corrected chi connectivity index (χ3v) is 3.60. The van der Waals surface area contributed by atoms with E-state index in [-0.39, 0.29) is 6.04 Å². The van der Waals surface area contributed by atoms with E-state index < -0.39 is 0 Å². The van der Waals surface area contributed by atoms with Gasteiger partial charge in [-0.1, -0.05) is 6.92 Å². The third kappa shape index (κ3) is 5.03. The first-order valence-electron chi connectivity index (χ1n) is 6.69. The van der Waals surface area contributed by atoms with Crippen molar-refractivity contribution in [2.24, 2.45) is 0 Å². The molecule has 1 heterocycles. The predicted molar refractivity (Wildman–Crippen MR) is 70.8 cm³/mol. The molecule has 0 amide bonds. The lowest BCUT2D eigenvalue weighted by atomic mass is 10.0. The van der Waals surface area contributed by atoms with Crippen molar-refractivity contribution in [3.8, 4) is 6.07 Å². The van der Waals surface area contributed by atoms with Crippen molar-refractivity contribution in [3.63, 3.8) is 0 Å². The minimum Gasteiger partial charge on any atom is -0.305 e. The lowest BCUT2D eigenvalue weighted by Gasteiger charge is -2.36. The quantitative estimate of drug-likeness (QED) is 0.747. The molecule has 0 saturated carbocycles. The largest absolute Gasteiger partial charge is 0.305 e. The Morgan fingerprint density at radius 2 is 2.35 bits per heavy atom. The van der Waals surface area contributed by atoms with E-state index in [0.717, 1.165) is 26.1 Å². The van der Waals surface area contributed by atoms with Crippen LogP contribution < -0.4 is 5.32 Å². The zero-order valence-corrected chi connectivity index (χ0v) is 11.4. The van der Waals surface area contributed by atoms with E-state index in [9.17, 15) is 0 Å². The average molecular weight is 238 g/mol. The van der Waals surface area contributed by atoms with Crippen LogP contribution in [-0.4, -0.2) is 62.2 Å². The predicted octanol–water partition coefficient (Wildman–Crippen LogP) is 0.904. The molecule has 2 atom stereocenters. The van der Waals surface area contributed by atoms with E-state index in [2.05, 4.69) is 35.3 Å². The van der Waals surface area contributed by atoms with Crippen molar-refractivity contribution >= 4 is 0 Å². The first-order valence-corrected chi connectivity index (χ1v) is 6.69. The molecule has 1 fully saturated rings. The minimum absolute atomic E-state index is 0.00349. The van der Waals surface area contributed by atoms with Gasteiger partial charge in [-0.2, -0.15) is 5.26 Å². The highest BCUT2D eigenvalue weighted by molar-refractivity contribution is 4.90. The Hall–Kier alpha value is -0.630. The van der Waals surface area contributed by atoms with Crippen LogP contribution in [0.15, 0.2) is 0 Å². The molecule has 4 nitrogen and oxygen atoms in total. The van der Waals surface area contributed by atoms with Crippen molar-refractivity contribution in [3.05, 3.63) is 0 Å². The summed E-state index contributed by atoms with van der Waals surface area (Å²) in [4.78, 5) is 4.81. The van der Waals surface area contributed by atoms with Crippen LogP contribution in [0.1, 0.15) is 26.2 Å². The summed E-state index contributed by atoms with van der Waals surface area (Å²) in [6, 6.07) is 2.99. The van der Waals surface area contributed by atoms with Gasteiger partial charge in [0.2, 0.25) is 0 Å². The zero-order valence-electron chi connectivity index (χ0n) is 11.4. The van der Waals surface area contributed by atoms with Gasteiger partial charge in [-0.3, -0.25) is 0 Å². The van der Waals surface area contributed by atoms with Crippen molar-refractivity contribution in [2.75, 3.05) is 40.3 Å². The maximum atomic E-state index is 8.98. The van der Waals surface area contributed by atoms with Crippen molar-refractivity contribution < 1.29 is 0 Å². The molecule has 0 aromatic carbocycles. The maximum Gasteiger partial charge on any atom is 0.0965 e. The monoisotopic (exact) mass is 238 g/mol. The Morgan fingerprint density at radius 3 is 2.94 bits per heavy atom. The molecule has 0 aromatic rings. The second kappa shape index (κ2) is 7.65. The SMILES string of the molecule is CCNC(C#N)CCN(C)C1CCCN(C)C1. The number of hydrogen-bond donors (Lipinski definition) is 1. The number of nitrogens with zero attached hydrogens (tertiary/aromatic N) is 3. The van der Waals surface area contributed by atoms with Crippen LogP contribution in [0.5, 0.6) is 0 Å². The van der Waals surface area contributed by atoms with E-state index in [4.69, 9.17) is 5.26 Å². The van der Waals surface area contributed by atoms with Crippen LogP contribution in [0.2, 0.25) is 0 Å². The van der Waals surface area contributed by atoms with Gasteiger partial charge >= 0.3 is 0 Å². The summed E-state index contributed by atoms with van der Waals surface area (Å²) in [6.07, 6.45) is 3.50. The Labute approximate surface area is 106 Å². The third-order valence-electron chi connectivity index (χ3n) is 3.60. The first-order chi connectivity index (χ1) is 8.17. The molecule has 1 aliphatic rings. The number of nitriles is 1. The molecule has 0 bridgehead atoms. The molecule has 17 heavy (non-hydrogen) atoms. The van der Waals surface area contributed by atoms with Gasteiger partial charge in [0, 0.05) is 19.1 Å². The van der Waals surface area contributed by atoms with E-state index >= 15 is 0 Å². The number of hydrogen-bond acceptors (Lipinski definition) is 4. The van der Waals surface area contributed by atoms with Crippen molar-refractivity contribution in [2.45, 2.75) is 38.3 Å². The summed E-state index contributed by atoms with van der Waals surface area (Å²) in [5, 5.41) is 12.2. The Kier molecular flexibility index (Phi) is 6.49. The summed E-state index contributed by atoms with van der Waals surface area (Å²) < 4.78 is 0. The highest BCUT2D eigenvalue weighted by Gasteiger charge is 2.21. The second-order valence-corrected chi connectivity index (χ2v) is 5.07. The summed E-state index contributed by atoms with van der Waals surface area (Å²) in [5.74, 6) is 0. The van der Waals surface area contributed by atoms with Crippen LogP contribution >= 0.6 is 0 Å². The Bertz CT molecular complexity index is 248. The molecule has 0 radical (unpaired) electrons. The van der Waals surface area contributed by atoms with Gasteiger partial charge in [-0.25, -0.2) is 0 Å². The summed E-state index contributed by atoms with van der Waals surface area (Å²) in [5.41, 5.74) is 0. The fourth-order valence-corrected chi connectivity index (χ4v) is 2.47. The Balaban J connectivity index is 2.28. The molecule has 1 N–H and O–H groups in total. The fourth-order valence-electron chi connectivity index (χ4n) is 2.47. The van der Waals surface area contributed by atoms with E-state index in [1.165, 1.54) is 19.4 Å². The lowest BCUT2D eigenvalue weighted by molar-refractivity contribution is 0.132. The molecule has 1 rings (SSSR count). The second-order valence-electron chi connectivity index (χ2n) is 5.07. The van der Waals surface area contributed by atoms with E-state index in [1.807, 2.05) is 6.92 Å². The lowest BCUT2D eigenvalue weighted by Crippen LogP contribution is -2.46. The minimum atomic E-state index is 0.00349. The van der Waals surface area contributed by atoms with Gasteiger partial charge < -0.3 is 15.1 Å². The van der Waals surface area contributed by atoms with E-state index in [0.29, 0.717) is 6.04 Å². The normalized spacial score (nSPS) is 23.6. The highest BCUT2D eigenvalue weighted by atomic mass is 15.2. The Morgan fingerprint density at radius 1 is 1.59 bits per heavy atom. The number of nitrogens with one attached hydrogen (secondary N) is 1. The van der Waals surface area contributed by atoms with Crippen LogP contribution in [0.4, 0.5) is 0 Å². The van der Waals surface area contributed by atoms with Gasteiger partial charge in [-0.05, 0) is 46.4 Å². The van der Waals surface area contributed by atoms with Gasteiger partial charge in [0.05, 0.1) is 12.1 Å².